The van der Waals surface area contributed by atoms with Crippen LogP contribution in [0.1, 0.15) is 12.0 Å². The molecule has 0 saturated carbocycles. The fourth-order valence-electron chi connectivity index (χ4n) is 2.94. The Balaban J connectivity index is 1.66. The lowest BCUT2D eigenvalue weighted by Crippen LogP contribution is -2.37. The van der Waals surface area contributed by atoms with Crippen LogP contribution < -0.4 is 15.4 Å². The van der Waals surface area contributed by atoms with Gasteiger partial charge >= 0.3 is 0 Å². The summed E-state index contributed by atoms with van der Waals surface area (Å²) in [6.45, 7) is -0.187. The molecule has 2 amide bonds. The lowest BCUT2D eigenvalue weighted by Gasteiger charge is -2.22. The second-order valence-electron chi connectivity index (χ2n) is 6.74. The second kappa shape index (κ2) is 10.0. The van der Waals surface area contributed by atoms with E-state index in [4.69, 9.17) is 15.7 Å². The fourth-order valence-corrected chi connectivity index (χ4v) is 2.94. The average molecular weight is 417 g/mol. The SMILES string of the molecule is N#Cc1ccc(-c2ccc(OCC(=O)N(CCC(N)=O)c3ccc(F)cc3)cc2)cc1. The van der Waals surface area contributed by atoms with Crippen molar-refractivity contribution in [3.8, 4) is 22.9 Å². The zero-order valence-electron chi connectivity index (χ0n) is 16.6. The van der Waals surface area contributed by atoms with Crippen molar-refractivity contribution < 1.29 is 18.7 Å². The minimum atomic E-state index is -0.542. The number of primary amides is 1. The lowest BCUT2D eigenvalue weighted by atomic mass is 10.0. The van der Waals surface area contributed by atoms with E-state index in [1.807, 2.05) is 24.3 Å². The first-order valence-corrected chi connectivity index (χ1v) is 9.54. The molecule has 0 spiro atoms. The van der Waals surface area contributed by atoms with E-state index in [-0.39, 0.29) is 25.5 Å². The molecule has 6 nitrogen and oxygen atoms in total. The van der Waals surface area contributed by atoms with Gasteiger partial charge in [0.15, 0.2) is 6.61 Å². The Morgan fingerprint density at radius 1 is 0.935 bits per heavy atom. The summed E-state index contributed by atoms with van der Waals surface area (Å²) in [5.41, 5.74) is 8.14. The standard InChI is InChI=1S/C24H20FN3O3/c25-20-7-9-21(10-8-20)28(14-13-23(27)29)24(30)16-31-22-11-5-19(6-12-22)18-3-1-17(15-26)2-4-18/h1-12H,13-14,16H2,(H2,27,29). The van der Waals surface area contributed by atoms with Gasteiger partial charge in [0.1, 0.15) is 11.6 Å². The van der Waals surface area contributed by atoms with Crippen LogP contribution in [0.25, 0.3) is 11.1 Å². The molecule has 3 aromatic carbocycles. The minimum Gasteiger partial charge on any atom is -0.484 e. The molecule has 0 saturated heterocycles. The van der Waals surface area contributed by atoms with E-state index >= 15 is 0 Å². The maximum atomic E-state index is 13.2. The summed E-state index contributed by atoms with van der Waals surface area (Å²) >= 11 is 0. The van der Waals surface area contributed by atoms with Crippen molar-refractivity contribution in [1.29, 1.82) is 5.26 Å². The summed E-state index contributed by atoms with van der Waals surface area (Å²) in [7, 11) is 0. The monoisotopic (exact) mass is 417 g/mol. The summed E-state index contributed by atoms with van der Waals surface area (Å²) in [6.07, 6.45) is -0.0254. The molecule has 3 aromatic rings. The molecular weight excluding hydrogens is 397 g/mol. The van der Waals surface area contributed by atoms with Crippen LogP contribution in [0.5, 0.6) is 5.75 Å². The van der Waals surface area contributed by atoms with Gasteiger partial charge in [-0.15, -0.1) is 0 Å². The van der Waals surface area contributed by atoms with Crippen LogP contribution in [0.15, 0.2) is 72.8 Å². The Hall–Kier alpha value is -4.18. The van der Waals surface area contributed by atoms with Gasteiger partial charge in [0, 0.05) is 18.7 Å². The van der Waals surface area contributed by atoms with E-state index < -0.39 is 11.7 Å². The van der Waals surface area contributed by atoms with Crippen molar-refractivity contribution in [3.63, 3.8) is 0 Å². The molecular formula is C24H20FN3O3. The summed E-state index contributed by atoms with van der Waals surface area (Å²) in [6, 6.07) is 21.9. The molecule has 156 valence electrons. The van der Waals surface area contributed by atoms with Gasteiger partial charge in [-0.3, -0.25) is 9.59 Å². The van der Waals surface area contributed by atoms with Crippen molar-refractivity contribution >= 4 is 17.5 Å². The molecule has 3 rings (SSSR count). The third-order valence-corrected chi connectivity index (χ3v) is 4.59. The highest BCUT2D eigenvalue weighted by Crippen LogP contribution is 2.23. The van der Waals surface area contributed by atoms with Crippen LogP contribution in [0.3, 0.4) is 0 Å². The fraction of sp³-hybridized carbons (Fsp3) is 0.125. The first-order chi connectivity index (χ1) is 15.0. The van der Waals surface area contributed by atoms with Crippen LogP contribution in [0, 0.1) is 17.1 Å². The highest BCUT2D eigenvalue weighted by molar-refractivity contribution is 5.95. The molecule has 31 heavy (non-hydrogen) atoms. The van der Waals surface area contributed by atoms with E-state index in [2.05, 4.69) is 6.07 Å². The van der Waals surface area contributed by atoms with Gasteiger partial charge < -0.3 is 15.4 Å². The second-order valence-corrected chi connectivity index (χ2v) is 6.74. The van der Waals surface area contributed by atoms with Crippen LogP contribution in [0.2, 0.25) is 0 Å². The lowest BCUT2D eigenvalue weighted by molar-refractivity contribution is -0.120. The predicted octanol–water partition coefficient (Wildman–Crippen LogP) is 3.65. The number of hydrogen-bond donors (Lipinski definition) is 1. The number of benzene rings is 3. The number of carbonyl (C=O) groups excluding carboxylic acids is 2. The molecule has 0 aliphatic carbocycles. The average Bonchev–Trinajstić information content (AvgIpc) is 2.79. The molecule has 7 heteroatoms. The Kier molecular flexibility index (Phi) is 6.97. The van der Waals surface area contributed by atoms with Crippen molar-refractivity contribution in [2.75, 3.05) is 18.1 Å². The maximum Gasteiger partial charge on any atom is 0.264 e. The van der Waals surface area contributed by atoms with Gasteiger partial charge in [-0.1, -0.05) is 24.3 Å². The number of rotatable bonds is 8. The third kappa shape index (κ3) is 5.90. The molecule has 0 aliphatic rings. The smallest absolute Gasteiger partial charge is 0.264 e. The number of halogens is 1. The third-order valence-electron chi connectivity index (χ3n) is 4.59. The van der Waals surface area contributed by atoms with E-state index in [0.29, 0.717) is 17.0 Å². The number of nitrogens with two attached hydrogens (primary N) is 1. The number of anilines is 1. The summed E-state index contributed by atoms with van der Waals surface area (Å²) in [4.78, 5) is 25.2. The van der Waals surface area contributed by atoms with Gasteiger partial charge in [0.2, 0.25) is 5.91 Å². The Bertz CT molecular complexity index is 1090. The largest absolute Gasteiger partial charge is 0.484 e. The van der Waals surface area contributed by atoms with Crippen molar-refractivity contribution in [1.82, 2.24) is 0 Å². The Morgan fingerprint density at radius 3 is 2.06 bits per heavy atom. The highest BCUT2D eigenvalue weighted by Gasteiger charge is 2.17. The zero-order chi connectivity index (χ0) is 22.2. The quantitative estimate of drug-likeness (QED) is 0.605. The van der Waals surface area contributed by atoms with E-state index in [0.717, 1.165) is 11.1 Å². The molecule has 0 fully saturated rings. The van der Waals surface area contributed by atoms with Crippen molar-refractivity contribution in [2.24, 2.45) is 5.73 Å². The number of amides is 2. The Morgan fingerprint density at radius 2 is 1.52 bits per heavy atom. The van der Waals surface area contributed by atoms with E-state index in [1.54, 1.807) is 24.3 Å². The normalized spacial score (nSPS) is 10.2. The van der Waals surface area contributed by atoms with Crippen LogP contribution in [-0.2, 0) is 9.59 Å². The molecule has 0 aromatic heterocycles. The molecule has 0 bridgehead atoms. The van der Waals surface area contributed by atoms with Crippen LogP contribution in [-0.4, -0.2) is 25.0 Å². The Labute approximate surface area is 179 Å². The first-order valence-electron chi connectivity index (χ1n) is 9.54. The summed E-state index contributed by atoms with van der Waals surface area (Å²) in [5.74, 6) is -0.854. The van der Waals surface area contributed by atoms with Crippen LogP contribution >= 0.6 is 0 Å². The number of nitrogens with zero attached hydrogens (tertiary/aromatic N) is 2. The number of ether oxygens (including phenoxy) is 1. The van der Waals surface area contributed by atoms with Gasteiger partial charge in [0.05, 0.1) is 11.6 Å². The number of nitriles is 1. The molecule has 0 aliphatic heterocycles. The van der Waals surface area contributed by atoms with Gasteiger partial charge in [0.25, 0.3) is 5.91 Å². The van der Waals surface area contributed by atoms with E-state index in [9.17, 15) is 14.0 Å². The number of carbonyl (C=O) groups is 2. The van der Waals surface area contributed by atoms with Crippen molar-refractivity contribution in [2.45, 2.75) is 6.42 Å². The van der Waals surface area contributed by atoms with Gasteiger partial charge in [-0.2, -0.15) is 5.26 Å². The molecule has 0 atom stereocenters. The maximum absolute atomic E-state index is 13.2. The van der Waals surface area contributed by atoms with E-state index in [1.165, 1.54) is 29.2 Å². The molecule has 0 radical (unpaired) electrons. The predicted molar refractivity (Wildman–Crippen MR) is 115 cm³/mol. The van der Waals surface area contributed by atoms with Gasteiger partial charge in [-0.25, -0.2) is 4.39 Å². The minimum absolute atomic E-state index is 0.0254. The van der Waals surface area contributed by atoms with Gasteiger partial charge in [-0.05, 0) is 59.7 Å². The highest BCUT2D eigenvalue weighted by atomic mass is 19.1. The zero-order valence-corrected chi connectivity index (χ0v) is 16.6. The van der Waals surface area contributed by atoms with Crippen LogP contribution in [0.4, 0.5) is 10.1 Å². The molecule has 0 heterocycles. The van der Waals surface area contributed by atoms with Crippen molar-refractivity contribution in [3.05, 3.63) is 84.2 Å². The summed E-state index contributed by atoms with van der Waals surface area (Å²) < 4.78 is 18.8. The molecule has 0 unspecified atom stereocenters. The first kappa shape index (κ1) is 21.5. The number of hydrogen-bond acceptors (Lipinski definition) is 4. The molecule has 2 N–H and O–H groups in total. The topological polar surface area (TPSA) is 96.4 Å². The summed E-state index contributed by atoms with van der Waals surface area (Å²) in [5, 5.41) is 8.89.